The second-order valence-electron chi connectivity index (χ2n) is 11.5. The second kappa shape index (κ2) is 15.2. The number of nitrogens with zero attached hydrogens (tertiary/aromatic N) is 2. The van der Waals surface area contributed by atoms with Crippen LogP contribution in [0.2, 0.25) is 0 Å². The molecule has 0 aromatic heterocycles. The van der Waals surface area contributed by atoms with Crippen LogP contribution in [-0.4, -0.2) is 60.4 Å². The lowest BCUT2D eigenvalue weighted by molar-refractivity contribution is -0.133. The molecule has 0 aliphatic carbocycles. The Balaban J connectivity index is 1.33. The van der Waals surface area contributed by atoms with Gasteiger partial charge in [-0.15, -0.1) is 0 Å². The van der Waals surface area contributed by atoms with E-state index in [1.807, 2.05) is 103 Å². The molecule has 1 fully saturated rings. The van der Waals surface area contributed by atoms with E-state index in [0.717, 1.165) is 22.3 Å². The molecule has 4 aromatic carbocycles. The molecule has 6 N–H and O–H groups in total. The SMILES string of the molecule is CCC(N=C(N)N)[C@@H]1N[C@H](CNC(=O)c2ccc(-c3ccccc3)cc2)CCN(CC(c2ccccc2)c2ccccc2)C1=O. The second-order valence-corrected chi connectivity index (χ2v) is 11.5. The fraction of sp³-hybridized carbons (Fsp3) is 0.270. The van der Waals surface area contributed by atoms with E-state index in [1.165, 1.54) is 0 Å². The minimum absolute atomic E-state index is 0.00438. The van der Waals surface area contributed by atoms with Crippen molar-refractivity contribution < 1.29 is 9.59 Å². The van der Waals surface area contributed by atoms with Crippen LogP contribution < -0.4 is 22.1 Å². The van der Waals surface area contributed by atoms with Gasteiger partial charge >= 0.3 is 0 Å². The van der Waals surface area contributed by atoms with Crippen LogP contribution in [0.3, 0.4) is 0 Å². The van der Waals surface area contributed by atoms with Crippen molar-refractivity contribution in [3.8, 4) is 11.1 Å². The van der Waals surface area contributed by atoms with Gasteiger partial charge in [0.1, 0.15) is 6.04 Å². The molecule has 0 bridgehead atoms. The smallest absolute Gasteiger partial charge is 0.251 e. The molecule has 232 valence electrons. The topological polar surface area (TPSA) is 126 Å². The fourth-order valence-electron chi connectivity index (χ4n) is 5.99. The van der Waals surface area contributed by atoms with Crippen LogP contribution in [0.5, 0.6) is 0 Å². The van der Waals surface area contributed by atoms with Gasteiger partial charge in [0.2, 0.25) is 5.91 Å². The zero-order chi connectivity index (χ0) is 31.6. The van der Waals surface area contributed by atoms with Crippen LogP contribution in [0.25, 0.3) is 11.1 Å². The van der Waals surface area contributed by atoms with Crippen molar-refractivity contribution in [3.63, 3.8) is 0 Å². The summed E-state index contributed by atoms with van der Waals surface area (Å²) in [6.45, 7) is 3.36. The lowest BCUT2D eigenvalue weighted by atomic mass is 9.90. The Morgan fingerprint density at radius 3 is 1.98 bits per heavy atom. The number of nitrogens with two attached hydrogens (primary N) is 2. The molecular weight excluding hydrogens is 560 g/mol. The number of benzene rings is 4. The van der Waals surface area contributed by atoms with Gasteiger partial charge in [-0.2, -0.15) is 0 Å². The molecule has 1 aliphatic heterocycles. The molecule has 5 rings (SSSR count). The Kier molecular flexibility index (Phi) is 10.6. The first kappa shape index (κ1) is 31.5. The van der Waals surface area contributed by atoms with E-state index < -0.39 is 12.1 Å². The summed E-state index contributed by atoms with van der Waals surface area (Å²) in [6.07, 6.45) is 1.23. The van der Waals surface area contributed by atoms with Crippen molar-refractivity contribution in [2.45, 2.75) is 43.8 Å². The van der Waals surface area contributed by atoms with Gasteiger partial charge < -0.3 is 21.7 Å². The minimum Gasteiger partial charge on any atom is -0.370 e. The van der Waals surface area contributed by atoms with E-state index >= 15 is 0 Å². The lowest BCUT2D eigenvalue weighted by Crippen LogP contribution is -2.54. The molecule has 45 heavy (non-hydrogen) atoms. The number of rotatable bonds is 11. The highest BCUT2D eigenvalue weighted by molar-refractivity contribution is 5.94. The van der Waals surface area contributed by atoms with E-state index in [1.54, 1.807) is 0 Å². The maximum Gasteiger partial charge on any atom is 0.251 e. The van der Waals surface area contributed by atoms with Gasteiger partial charge in [-0.05, 0) is 47.2 Å². The van der Waals surface area contributed by atoms with Crippen LogP contribution in [0, 0.1) is 0 Å². The highest BCUT2D eigenvalue weighted by atomic mass is 16.2. The average molecular weight is 603 g/mol. The van der Waals surface area contributed by atoms with Crippen LogP contribution in [-0.2, 0) is 4.79 Å². The van der Waals surface area contributed by atoms with Crippen LogP contribution in [0.1, 0.15) is 47.2 Å². The number of aliphatic imine (C=N–C) groups is 1. The Labute approximate surface area is 265 Å². The number of nitrogens with one attached hydrogen (secondary N) is 2. The Bertz CT molecular complexity index is 1520. The van der Waals surface area contributed by atoms with Gasteiger partial charge in [0, 0.05) is 37.2 Å². The predicted octanol–water partition coefficient (Wildman–Crippen LogP) is 4.53. The molecule has 3 atom stereocenters. The van der Waals surface area contributed by atoms with Crippen molar-refractivity contribution in [2.75, 3.05) is 19.6 Å². The third-order valence-electron chi connectivity index (χ3n) is 8.43. The number of carbonyl (C=O) groups excluding carboxylic acids is 2. The van der Waals surface area contributed by atoms with Gasteiger partial charge in [0.25, 0.3) is 5.91 Å². The molecule has 0 spiro atoms. The van der Waals surface area contributed by atoms with Crippen molar-refractivity contribution >= 4 is 17.8 Å². The predicted molar refractivity (Wildman–Crippen MR) is 181 cm³/mol. The zero-order valence-corrected chi connectivity index (χ0v) is 25.7. The molecule has 2 amide bonds. The Morgan fingerprint density at radius 2 is 1.42 bits per heavy atom. The number of hydrogen-bond acceptors (Lipinski definition) is 4. The monoisotopic (exact) mass is 602 g/mol. The van der Waals surface area contributed by atoms with Crippen LogP contribution in [0.4, 0.5) is 0 Å². The van der Waals surface area contributed by atoms with Gasteiger partial charge in [-0.3, -0.25) is 14.9 Å². The van der Waals surface area contributed by atoms with Gasteiger partial charge in [0.15, 0.2) is 5.96 Å². The molecule has 1 aliphatic rings. The summed E-state index contributed by atoms with van der Waals surface area (Å²) >= 11 is 0. The van der Waals surface area contributed by atoms with Gasteiger partial charge in [-0.25, -0.2) is 4.99 Å². The maximum absolute atomic E-state index is 14.2. The standard InChI is InChI=1S/C37H42N6O2/c1-2-33(42-37(38)39)34-36(45)43(25-32(28-14-8-4-9-15-28)29-16-10-5-11-17-29)23-22-31(41-34)24-40-35(44)30-20-18-27(19-21-30)26-12-6-3-7-13-26/h3-21,31-34,41H,2,22-25H2,1H3,(H,40,44)(H4,38,39,42)/t31-,33?,34-/m0/s1. The van der Waals surface area contributed by atoms with E-state index in [2.05, 4.69) is 39.9 Å². The maximum atomic E-state index is 14.2. The summed E-state index contributed by atoms with van der Waals surface area (Å²) in [5.41, 5.74) is 16.6. The molecule has 0 radical (unpaired) electrons. The van der Waals surface area contributed by atoms with Crippen LogP contribution in [0.15, 0.2) is 120 Å². The first-order valence-corrected chi connectivity index (χ1v) is 15.6. The number of amides is 2. The summed E-state index contributed by atoms with van der Waals surface area (Å²) in [5, 5.41) is 6.60. The van der Waals surface area contributed by atoms with Gasteiger partial charge in [0.05, 0.1) is 6.04 Å². The van der Waals surface area contributed by atoms with Crippen molar-refractivity contribution in [3.05, 3.63) is 132 Å². The fourth-order valence-corrected chi connectivity index (χ4v) is 5.99. The third-order valence-corrected chi connectivity index (χ3v) is 8.43. The quantitative estimate of drug-likeness (QED) is 0.148. The molecule has 1 unspecified atom stereocenters. The van der Waals surface area contributed by atoms with Gasteiger partial charge in [-0.1, -0.05) is 110 Å². The van der Waals surface area contributed by atoms with E-state index in [0.29, 0.717) is 38.0 Å². The summed E-state index contributed by atoms with van der Waals surface area (Å²) in [4.78, 5) is 33.7. The summed E-state index contributed by atoms with van der Waals surface area (Å²) < 4.78 is 0. The van der Waals surface area contributed by atoms with Crippen molar-refractivity contribution in [2.24, 2.45) is 16.5 Å². The molecule has 4 aromatic rings. The Hall–Kier alpha value is -4.95. The minimum atomic E-state index is -0.640. The summed E-state index contributed by atoms with van der Waals surface area (Å²) in [5.74, 6) is -0.267. The average Bonchev–Trinajstić information content (AvgIpc) is 3.24. The summed E-state index contributed by atoms with van der Waals surface area (Å²) in [7, 11) is 0. The largest absolute Gasteiger partial charge is 0.370 e. The van der Waals surface area contributed by atoms with E-state index in [4.69, 9.17) is 11.5 Å². The zero-order valence-electron chi connectivity index (χ0n) is 25.7. The highest BCUT2D eigenvalue weighted by Gasteiger charge is 2.37. The van der Waals surface area contributed by atoms with Crippen molar-refractivity contribution in [1.29, 1.82) is 0 Å². The highest BCUT2D eigenvalue weighted by Crippen LogP contribution is 2.27. The normalized spacial score (nSPS) is 17.4. The van der Waals surface area contributed by atoms with Crippen LogP contribution >= 0.6 is 0 Å². The number of carbonyl (C=O) groups is 2. The number of hydrogen-bond donors (Lipinski definition) is 4. The third kappa shape index (κ3) is 8.16. The molecule has 8 heteroatoms. The Morgan fingerprint density at radius 1 is 0.867 bits per heavy atom. The molecular formula is C37H42N6O2. The van der Waals surface area contributed by atoms with E-state index in [9.17, 15) is 9.59 Å². The first-order valence-electron chi connectivity index (χ1n) is 15.6. The molecule has 1 saturated heterocycles. The van der Waals surface area contributed by atoms with E-state index in [-0.39, 0.29) is 29.7 Å². The van der Waals surface area contributed by atoms with Crippen molar-refractivity contribution in [1.82, 2.24) is 15.5 Å². The molecule has 8 nitrogen and oxygen atoms in total. The lowest BCUT2D eigenvalue weighted by Gasteiger charge is -2.31. The number of guanidine groups is 1. The summed E-state index contributed by atoms with van der Waals surface area (Å²) in [6, 6.07) is 36.9. The first-order chi connectivity index (χ1) is 21.9. The molecule has 1 heterocycles. The molecule has 0 saturated carbocycles.